The molecule has 0 unspecified atom stereocenters. The lowest BCUT2D eigenvalue weighted by molar-refractivity contribution is -0.141. The van der Waals surface area contributed by atoms with Gasteiger partial charge in [-0.25, -0.2) is 0 Å². The molecule has 84 valence electrons. The summed E-state index contributed by atoms with van der Waals surface area (Å²) in [5.74, 6) is 5.13. The van der Waals surface area contributed by atoms with Gasteiger partial charge in [-0.05, 0) is 30.6 Å². The highest BCUT2D eigenvalue weighted by Gasteiger charge is 2.62. The highest BCUT2D eigenvalue weighted by Crippen LogP contribution is 2.65. The lowest BCUT2D eigenvalue weighted by atomic mass is 9.67. The van der Waals surface area contributed by atoms with Crippen molar-refractivity contribution >= 4 is 11.7 Å². The fourth-order valence-corrected chi connectivity index (χ4v) is 3.63. The molecule has 4 nitrogen and oxygen atoms in total. The van der Waals surface area contributed by atoms with Gasteiger partial charge in [0.25, 0.3) is 0 Å². The number of nitrogens with two attached hydrogens (primary N) is 1. The molecule has 3 N–H and O–H groups in total. The van der Waals surface area contributed by atoms with E-state index in [0.717, 1.165) is 25.0 Å². The van der Waals surface area contributed by atoms with Gasteiger partial charge in [-0.1, -0.05) is 13.8 Å². The largest absolute Gasteiger partial charge is 0.481 e. The summed E-state index contributed by atoms with van der Waals surface area (Å²) in [7, 11) is 0. The van der Waals surface area contributed by atoms with Crippen molar-refractivity contribution in [1.82, 2.24) is 0 Å². The Morgan fingerprint density at radius 2 is 2.33 bits per heavy atom. The summed E-state index contributed by atoms with van der Waals surface area (Å²) < 4.78 is 0. The van der Waals surface area contributed by atoms with Gasteiger partial charge in [0.05, 0.1) is 6.42 Å². The Morgan fingerprint density at radius 1 is 1.67 bits per heavy atom. The summed E-state index contributed by atoms with van der Waals surface area (Å²) >= 11 is 0. The first-order valence-corrected chi connectivity index (χ1v) is 5.43. The van der Waals surface area contributed by atoms with Crippen molar-refractivity contribution in [1.29, 1.82) is 0 Å². The quantitative estimate of drug-likeness (QED) is 0.537. The monoisotopic (exact) mass is 210 g/mol. The van der Waals surface area contributed by atoms with Crippen LogP contribution in [0.15, 0.2) is 5.10 Å². The number of hydrogen-bond acceptors (Lipinski definition) is 3. The van der Waals surface area contributed by atoms with Gasteiger partial charge in [0.15, 0.2) is 0 Å². The summed E-state index contributed by atoms with van der Waals surface area (Å²) in [6.07, 6.45) is 3.25. The molecule has 2 bridgehead atoms. The number of carbonyl (C=O) groups is 1. The number of aliphatic carboxylic acids is 1. The molecule has 15 heavy (non-hydrogen) atoms. The Balaban J connectivity index is 2.39. The van der Waals surface area contributed by atoms with E-state index in [2.05, 4.69) is 18.9 Å². The second-order valence-electron chi connectivity index (χ2n) is 5.34. The molecule has 0 amide bonds. The zero-order valence-electron chi connectivity index (χ0n) is 9.29. The van der Waals surface area contributed by atoms with Gasteiger partial charge in [0.1, 0.15) is 0 Å². The van der Waals surface area contributed by atoms with Crippen LogP contribution in [-0.2, 0) is 4.79 Å². The molecule has 0 aliphatic heterocycles. The van der Waals surface area contributed by atoms with Crippen LogP contribution in [-0.4, -0.2) is 16.8 Å². The van der Waals surface area contributed by atoms with E-state index in [1.54, 1.807) is 0 Å². The Kier molecular flexibility index (Phi) is 2.07. The van der Waals surface area contributed by atoms with Crippen LogP contribution < -0.4 is 5.84 Å². The van der Waals surface area contributed by atoms with Gasteiger partial charge in [-0.2, -0.15) is 5.10 Å². The van der Waals surface area contributed by atoms with Crippen molar-refractivity contribution in [3.8, 4) is 0 Å². The predicted octanol–water partition coefficient (Wildman–Crippen LogP) is 1.60. The number of carboxylic acid groups (broad SMARTS) is 1. The number of carboxylic acids is 1. The van der Waals surface area contributed by atoms with Crippen LogP contribution in [0.3, 0.4) is 0 Å². The van der Waals surface area contributed by atoms with E-state index in [0.29, 0.717) is 5.92 Å². The average molecular weight is 210 g/mol. The van der Waals surface area contributed by atoms with Crippen LogP contribution in [0, 0.1) is 16.7 Å². The van der Waals surface area contributed by atoms with E-state index in [4.69, 9.17) is 10.9 Å². The van der Waals surface area contributed by atoms with Crippen molar-refractivity contribution in [2.45, 2.75) is 39.5 Å². The summed E-state index contributed by atoms with van der Waals surface area (Å²) in [5.41, 5.74) is 0.768. The first-order valence-electron chi connectivity index (χ1n) is 5.43. The molecule has 3 atom stereocenters. The van der Waals surface area contributed by atoms with E-state index in [9.17, 15) is 4.79 Å². The number of hydrogen-bond donors (Lipinski definition) is 2. The Labute approximate surface area is 89.5 Å². The van der Waals surface area contributed by atoms with Gasteiger partial charge >= 0.3 is 5.97 Å². The second-order valence-corrected chi connectivity index (χ2v) is 5.34. The van der Waals surface area contributed by atoms with Crippen LogP contribution in [0.4, 0.5) is 0 Å². The average Bonchev–Trinajstić information content (AvgIpc) is 2.49. The van der Waals surface area contributed by atoms with E-state index in [1.807, 2.05) is 0 Å². The number of hydrazone groups is 1. The minimum atomic E-state index is -0.714. The van der Waals surface area contributed by atoms with Crippen molar-refractivity contribution in [3.05, 3.63) is 0 Å². The van der Waals surface area contributed by atoms with Crippen LogP contribution in [0.2, 0.25) is 0 Å². The van der Waals surface area contributed by atoms with Gasteiger partial charge in [-0.3, -0.25) is 4.79 Å². The molecule has 0 spiro atoms. The first-order chi connectivity index (χ1) is 6.94. The van der Waals surface area contributed by atoms with E-state index < -0.39 is 5.97 Å². The third kappa shape index (κ3) is 1.13. The maximum atomic E-state index is 10.9. The zero-order chi connectivity index (χ0) is 11.3. The molecule has 4 heteroatoms. The minimum absolute atomic E-state index is 0.0925. The van der Waals surface area contributed by atoms with Crippen LogP contribution >= 0.6 is 0 Å². The molecular formula is C11H18N2O2. The van der Waals surface area contributed by atoms with Gasteiger partial charge in [0, 0.05) is 11.1 Å². The first kappa shape index (κ1) is 10.5. The molecule has 0 radical (unpaired) electrons. The maximum absolute atomic E-state index is 10.9. The maximum Gasteiger partial charge on any atom is 0.303 e. The normalized spacial score (nSPS) is 46.3. The molecule has 0 aromatic rings. The van der Waals surface area contributed by atoms with Crippen LogP contribution in [0.5, 0.6) is 0 Å². The highest BCUT2D eigenvalue weighted by atomic mass is 16.4. The summed E-state index contributed by atoms with van der Waals surface area (Å²) in [6.45, 7) is 4.20. The third-order valence-corrected chi connectivity index (χ3v) is 4.91. The van der Waals surface area contributed by atoms with E-state index in [-0.39, 0.29) is 17.3 Å². The molecule has 0 saturated heterocycles. The Hall–Kier alpha value is -1.06. The molecule has 2 fully saturated rings. The van der Waals surface area contributed by atoms with Crippen LogP contribution in [0.1, 0.15) is 39.5 Å². The predicted molar refractivity (Wildman–Crippen MR) is 57.4 cm³/mol. The number of rotatable bonds is 2. The Bertz CT molecular complexity index is 339. The molecule has 0 aromatic heterocycles. The van der Waals surface area contributed by atoms with Crippen molar-refractivity contribution < 1.29 is 9.90 Å². The van der Waals surface area contributed by atoms with E-state index in [1.165, 1.54) is 0 Å². The summed E-state index contributed by atoms with van der Waals surface area (Å²) in [4.78, 5) is 10.9. The van der Waals surface area contributed by atoms with Crippen LogP contribution in [0.25, 0.3) is 0 Å². The van der Waals surface area contributed by atoms with Crippen molar-refractivity contribution in [2.75, 3.05) is 0 Å². The fraction of sp³-hybridized carbons (Fsp3) is 0.818. The lowest BCUT2D eigenvalue weighted by Crippen LogP contribution is -2.37. The minimum Gasteiger partial charge on any atom is -0.481 e. The number of fused-ring (bicyclic) bond motifs is 2. The van der Waals surface area contributed by atoms with Crippen molar-refractivity contribution in [2.24, 2.45) is 27.7 Å². The fourth-order valence-electron chi connectivity index (χ4n) is 3.63. The van der Waals surface area contributed by atoms with Crippen molar-refractivity contribution in [3.63, 3.8) is 0 Å². The topological polar surface area (TPSA) is 75.7 Å². The SMILES string of the molecule is C[C@@]12CC[C@H](C/C1=N/N)[C@@]2(C)CC(=O)O. The third-order valence-electron chi connectivity index (χ3n) is 4.91. The molecule has 0 heterocycles. The summed E-state index contributed by atoms with van der Waals surface area (Å²) in [5, 5.41) is 12.9. The second kappa shape index (κ2) is 2.97. The Morgan fingerprint density at radius 3 is 2.80 bits per heavy atom. The highest BCUT2D eigenvalue weighted by molar-refractivity contribution is 5.94. The number of nitrogens with zero attached hydrogens (tertiary/aromatic N) is 1. The molecule has 2 aliphatic carbocycles. The van der Waals surface area contributed by atoms with Gasteiger partial charge < -0.3 is 10.9 Å². The molecular weight excluding hydrogens is 192 g/mol. The van der Waals surface area contributed by atoms with Gasteiger partial charge in [-0.15, -0.1) is 0 Å². The lowest BCUT2D eigenvalue weighted by Gasteiger charge is -2.36. The molecule has 2 rings (SSSR count). The summed E-state index contributed by atoms with van der Waals surface area (Å²) in [6, 6.07) is 0. The molecule has 2 aliphatic rings. The van der Waals surface area contributed by atoms with E-state index >= 15 is 0 Å². The smallest absolute Gasteiger partial charge is 0.303 e. The molecule has 0 aromatic carbocycles. The van der Waals surface area contributed by atoms with Gasteiger partial charge in [0.2, 0.25) is 0 Å². The standard InChI is InChI=1S/C11H18N2O2/c1-10-4-3-7(5-8(10)13-12)11(10,2)6-9(14)15/h7H,3-6,12H2,1-2H3,(H,14,15)/b13-8-/t7-,10-,11-/m1/s1. The molecule has 2 saturated carbocycles. The zero-order valence-corrected chi connectivity index (χ0v) is 9.29.